The van der Waals surface area contributed by atoms with Crippen molar-refractivity contribution in [1.82, 2.24) is 0 Å². The maximum absolute atomic E-state index is 9.22. The molecule has 3 rings (SSSR count). The minimum absolute atomic E-state index is 0.619. The van der Waals surface area contributed by atoms with Crippen molar-refractivity contribution in [1.29, 1.82) is 5.26 Å². The molecule has 1 aromatic rings. The van der Waals surface area contributed by atoms with Gasteiger partial charge in [-0.25, -0.2) is 0 Å². The van der Waals surface area contributed by atoms with Crippen molar-refractivity contribution in [2.24, 2.45) is 5.92 Å². The van der Waals surface area contributed by atoms with Crippen LogP contribution in [-0.4, -0.2) is 13.1 Å². The van der Waals surface area contributed by atoms with Gasteiger partial charge in [-0.05, 0) is 43.9 Å². The van der Waals surface area contributed by atoms with Gasteiger partial charge in [-0.15, -0.1) is 11.3 Å². The number of anilines is 2. The molecule has 0 radical (unpaired) electrons. The molecule has 0 bridgehead atoms. The number of nitriles is 1. The van der Waals surface area contributed by atoms with Crippen molar-refractivity contribution in [2.75, 3.05) is 23.7 Å². The first-order valence-corrected chi connectivity index (χ1v) is 8.09. The van der Waals surface area contributed by atoms with Gasteiger partial charge in [0.1, 0.15) is 10.9 Å². The van der Waals surface area contributed by atoms with Crippen LogP contribution in [-0.2, 0) is 0 Å². The van der Waals surface area contributed by atoms with Crippen LogP contribution < -0.4 is 10.6 Å². The van der Waals surface area contributed by atoms with Crippen molar-refractivity contribution in [2.45, 2.75) is 44.9 Å². The van der Waals surface area contributed by atoms with Crippen LogP contribution >= 0.6 is 11.3 Å². The van der Waals surface area contributed by atoms with Gasteiger partial charge in [-0.1, -0.05) is 6.92 Å². The first kappa shape index (κ1) is 12.8. The van der Waals surface area contributed by atoms with E-state index in [-0.39, 0.29) is 0 Å². The van der Waals surface area contributed by atoms with Gasteiger partial charge in [-0.2, -0.15) is 5.26 Å². The van der Waals surface area contributed by atoms with Gasteiger partial charge in [-0.3, -0.25) is 0 Å². The fraction of sp³-hybridized carbons (Fsp3) is 0.667. The molecule has 2 aliphatic rings. The van der Waals surface area contributed by atoms with E-state index in [0.717, 1.165) is 24.7 Å². The zero-order valence-corrected chi connectivity index (χ0v) is 12.3. The normalized spacial score (nSPS) is 24.0. The second-order valence-corrected chi connectivity index (χ2v) is 6.97. The molecule has 1 saturated heterocycles. The van der Waals surface area contributed by atoms with Crippen LogP contribution in [0.2, 0.25) is 0 Å². The van der Waals surface area contributed by atoms with Crippen LogP contribution in [0.25, 0.3) is 0 Å². The quantitative estimate of drug-likeness (QED) is 0.895. The highest BCUT2D eigenvalue weighted by Gasteiger charge is 2.33. The number of thiophene rings is 1. The van der Waals surface area contributed by atoms with Crippen LogP contribution in [0.15, 0.2) is 0 Å². The third-order valence-electron chi connectivity index (χ3n) is 4.36. The van der Waals surface area contributed by atoms with Crippen molar-refractivity contribution >= 4 is 22.0 Å². The minimum Gasteiger partial charge on any atom is -0.397 e. The Hall–Kier alpha value is -1.21. The molecule has 3 nitrogen and oxygen atoms in total. The molecule has 0 amide bonds. The average Bonchev–Trinajstić information content (AvgIpc) is 3.19. The second-order valence-electron chi connectivity index (χ2n) is 5.97. The standard InChI is InChI=1S/C15H21N3S/c1-10-3-2-7-18(8-6-10)15-13(11-4-5-11)14(17)12(9-16)19-15/h10-11H,2-8,17H2,1H3. The van der Waals surface area contributed by atoms with E-state index in [9.17, 15) is 5.26 Å². The molecule has 1 atom stereocenters. The summed E-state index contributed by atoms with van der Waals surface area (Å²) in [4.78, 5) is 3.20. The second kappa shape index (κ2) is 5.05. The lowest BCUT2D eigenvalue weighted by Crippen LogP contribution is -2.24. The monoisotopic (exact) mass is 275 g/mol. The van der Waals surface area contributed by atoms with Gasteiger partial charge >= 0.3 is 0 Å². The molecule has 102 valence electrons. The lowest BCUT2D eigenvalue weighted by Gasteiger charge is -2.22. The number of nitrogen functional groups attached to an aromatic ring is 1. The Morgan fingerprint density at radius 2 is 2.05 bits per heavy atom. The fourth-order valence-electron chi connectivity index (χ4n) is 2.99. The Morgan fingerprint density at radius 1 is 1.26 bits per heavy atom. The van der Waals surface area contributed by atoms with Crippen LogP contribution in [0.5, 0.6) is 0 Å². The summed E-state index contributed by atoms with van der Waals surface area (Å²) < 4.78 is 0. The molecule has 2 heterocycles. The molecule has 19 heavy (non-hydrogen) atoms. The minimum atomic E-state index is 0.619. The Balaban J connectivity index is 1.93. The average molecular weight is 275 g/mol. The summed E-state index contributed by atoms with van der Waals surface area (Å²) in [6.07, 6.45) is 6.31. The highest BCUT2D eigenvalue weighted by atomic mass is 32.1. The summed E-state index contributed by atoms with van der Waals surface area (Å²) in [6.45, 7) is 4.58. The SMILES string of the molecule is CC1CCCN(c2sc(C#N)c(N)c2C2CC2)CC1. The first-order chi connectivity index (χ1) is 9.20. The maximum Gasteiger partial charge on any atom is 0.130 e. The molecule has 2 fully saturated rings. The van der Waals surface area contributed by atoms with Gasteiger partial charge in [0.05, 0.1) is 10.7 Å². The molecule has 1 aliphatic carbocycles. The molecule has 1 unspecified atom stereocenters. The smallest absolute Gasteiger partial charge is 0.130 e. The summed E-state index contributed by atoms with van der Waals surface area (Å²) in [6, 6.07) is 2.27. The van der Waals surface area contributed by atoms with Crippen LogP contribution in [0.1, 0.15) is 55.4 Å². The Morgan fingerprint density at radius 3 is 2.74 bits per heavy atom. The van der Waals surface area contributed by atoms with E-state index in [4.69, 9.17) is 5.73 Å². The lowest BCUT2D eigenvalue weighted by atomic mass is 10.0. The first-order valence-electron chi connectivity index (χ1n) is 7.28. The number of nitrogens with two attached hydrogens (primary N) is 1. The molecule has 0 spiro atoms. The van der Waals surface area contributed by atoms with Crippen molar-refractivity contribution < 1.29 is 0 Å². The highest BCUT2D eigenvalue weighted by Crippen LogP contribution is 2.52. The van der Waals surface area contributed by atoms with E-state index in [1.165, 1.54) is 42.7 Å². The molecule has 1 saturated carbocycles. The predicted molar refractivity (Wildman–Crippen MR) is 80.6 cm³/mol. The Bertz CT molecular complexity index is 510. The van der Waals surface area contributed by atoms with Crippen LogP contribution in [0.4, 0.5) is 10.7 Å². The number of nitrogens with zero attached hydrogens (tertiary/aromatic N) is 2. The third kappa shape index (κ3) is 2.44. The third-order valence-corrected chi connectivity index (χ3v) is 5.54. The Labute approximate surface area is 119 Å². The summed E-state index contributed by atoms with van der Waals surface area (Å²) in [5.74, 6) is 1.44. The molecule has 4 heteroatoms. The number of rotatable bonds is 2. The van der Waals surface area contributed by atoms with E-state index >= 15 is 0 Å². The van der Waals surface area contributed by atoms with Crippen LogP contribution in [0, 0.1) is 17.2 Å². The van der Waals surface area contributed by atoms with Gasteiger partial charge < -0.3 is 10.6 Å². The van der Waals surface area contributed by atoms with Gasteiger partial charge in [0.15, 0.2) is 0 Å². The lowest BCUT2D eigenvalue weighted by molar-refractivity contribution is 0.521. The molecular weight excluding hydrogens is 254 g/mol. The largest absolute Gasteiger partial charge is 0.397 e. The fourth-order valence-corrected chi connectivity index (χ4v) is 4.15. The Kier molecular flexibility index (Phi) is 3.40. The van der Waals surface area contributed by atoms with E-state index < -0.39 is 0 Å². The van der Waals surface area contributed by atoms with E-state index in [2.05, 4.69) is 17.9 Å². The zero-order chi connectivity index (χ0) is 13.4. The van der Waals surface area contributed by atoms with Crippen LogP contribution in [0.3, 0.4) is 0 Å². The van der Waals surface area contributed by atoms with Crippen molar-refractivity contribution in [3.05, 3.63) is 10.4 Å². The topological polar surface area (TPSA) is 53.0 Å². The van der Waals surface area contributed by atoms with Crippen molar-refractivity contribution in [3.8, 4) is 6.07 Å². The molecule has 1 aromatic heterocycles. The summed E-state index contributed by atoms with van der Waals surface area (Å²) in [5, 5.41) is 10.5. The molecule has 2 N–H and O–H groups in total. The molecule has 0 aromatic carbocycles. The van der Waals surface area contributed by atoms with E-state index in [1.54, 1.807) is 11.3 Å². The number of hydrogen-bond acceptors (Lipinski definition) is 4. The van der Waals surface area contributed by atoms with Gasteiger partial charge in [0.25, 0.3) is 0 Å². The summed E-state index contributed by atoms with van der Waals surface area (Å²) >= 11 is 1.61. The summed E-state index contributed by atoms with van der Waals surface area (Å²) in [7, 11) is 0. The molecule has 1 aliphatic heterocycles. The maximum atomic E-state index is 9.22. The van der Waals surface area contributed by atoms with Gasteiger partial charge in [0.2, 0.25) is 0 Å². The highest BCUT2D eigenvalue weighted by molar-refractivity contribution is 7.17. The summed E-state index contributed by atoms with van der Waals surface area (Å²) in [5.41, 5.74) is 8.24. The molecular formula is C15H21N3S. The van der Waals surface area contributed by atoms with Gasteiger partial charge in [0, 0.05) is 18.7 Å². The number of hydrogen-bond donors (Lipinski definition) is 1. The zero-order valence-electron chi connectivity index (χ0n) is 11.5. The van der Waals surface area contributed by atoms with E-state index in [1.807, 2.05) is 0 Å². The van der Waals surface area contributed by atoms with E-state index in [0.29, 0.717) is 10.8 Å². The predicted octanol–water partition coefficient (Wildman–Crippen LogP) is 3.71. The van der Waals surface area contributed by atoms with Crippen molar-refractivity contribution in [3.63, 3.8) is 0 Å².